The Kier molecular flexibility index (Phi) is 5.62. The first-order valence-corrected chi connectivity index (χ1v) is 11.8. The molecule has 1 atom stereocenters. The van der Waals surface area contributed by atoms with Crippen LogP contribution in [0.2, 0.25) is 5.32 Å². The second kappa shape index (κ2) is 8.30. The van der Waals surface area contributed by atoms with Gasteiger partial charge >= 0.3 is 170 Å². The standard InChI is InChI=1S/C26H26Se/c1-21-19-22(21)17-18-26(23-11-5-2-6-12-23,24-13-7-3-8-14-24)20-27-25-15-9-4-10-16-25/h2-16,22H,1,17-20H2. The molecule has 1 heteroatoms. The molecular weight excluding hydrogens is 391 g/mol. The van der Waals surface area contributed by atoms with Gasteiger partial charge < -0.3 is 0 Å². The molecule has 1 fully saturated rings. The van der Waals surface area contributed by atoms with Gasteiger partial charge in [-0.25, -0.2) is 0 Å². The van der Waals surface area contributed by atoms with Crippen molar-refractivity contribution < 1.29 is 0 Å². The Morgan fingerprint density at radius 2 is 1.26 bits per heavy atom. The molecule has 0 spiro atoms. The van der Waals surface area contributed by atoms with E-state index >= 15 is 0 Å². The summed E-state index contributed by atoms with van der Waals surface area (Å²) < 4.78 is 1.48. The van der Waals surface area contributed by atoms with Crippen molar-refractivity contribution in [1.29, 1.82) is 0 Å². The van der Waals surface area contributed by atoms with Crippen molar-refractivity contribution in [2.45, 2.75) is 30.0 Å². The molecule has 0 nitrogen and oxygen atoms in total. The van der Waals surface area contributed by atoms with Gasteiger partial charge in [0.1, 0.15) is 0 Å². The predicted octanol–water partition coefficient (Wildman–Crippen LogP) is 5.78. The first-order chi connectivity index (χ1) is 13.3. The Labute approximate surface area is 169 Å². The minimum absolute atomic E-state index is 0.0846. The summed E-state index contributed by atoms with van der Waals surface area (Å²) in [5.74, 6) is 0.737. The molecule has 1 aliphatic carbocycles. The second-order valence-corrected chi connectivity index (χ2v) is 9.71. The summed E-state index contributed by atoms with van der Waals surface area (Å²) in [5, 5.41) is 1.19. The first kappa shape index (κ1) is 18.3. The summed E-state index contributed by atoms with van der Waals surface area (Å²) >= 11 is 0.438. The van der Waals surface area contributed by atoms with E-state index in [1.54, 1.807) is 0 Å². The maximum absolute atomic E-state index is 4.19. The average molecular weight is 417 g/mol. The first-order valence-electron chi connectivity index (χ1n) is 9.74. The Bertz CT molecular complexity index is 828. The molecule has 0 bridgehead atoms. The molecule has 1 unspecified atom stereocenters. The van der Waals surface area contributed by atoms with Crippen LogP contribution in [0.15, 0.2) is 103 Å². The van der Waals surface area contributed by atoms with Gasteiger partial charge in [-0.2, -0.15) is 0 Å². The van der Waals surface area contributed by atoms with Gasteiger partial charge in [0.25, 0.3) is 0 Å². The van der Waals surface area contributed by atoms with Gasteiger partial charge in [0.05, 0.1) is 0 Å². The normalized spacial score (nSPS) is 16.3. The van der Waals surface area contributed by atoms with Crippen molar-refractivity contribution in [1.82, 2.24) is 0 Å². The van der Waals surface area contributed by atoms with Gasteiger partial charge in [-0.3, -0.25) is 0 Å². The second-order valence-electron chi connectivity index (χ2n) is 7.51. The summed E-state index contributed by atoms with van der Waals surface area (Å²) in [6.45, 7) is 4.19. The van der Waals surface area contributed by atoms with Crippen molar-refractivity contribution in [3.05, 3.63) is 114 Å². The van der Waals surface area contributed by atoms with E-state index in [1.165, 1.54) is 45.7 Å². The molecular formula is C26H26Se. The zero-order valence-corrected chi connectivity index (χ0v) is 17.4. The maximum atomic E-state index is 4.19. The van der Waals surface area contributed by atoms with Gasteiger partial charge in [-0.1, -0.05) is 0 Å². The Morgan fingerprint density at radius 1 is 0.778 bits per heavy atom. The molecule has 3 aromatic rings. The number of rotatable bonds is 8. The van der Waals surface area contributed by atoms with Crippen LogP contribution in [-0.2, 0) is 5.41 Å². The van der Waals surface area contributed by atoms with E-state index < -0.39 is 0 Å². The van der Waals surface area contributed by atoms with Crippen molar-refractivity contribution in [3.63, 3.8) is 0 Å². The van der Waals surface area contributed by atoms with Gasteiger partial charge in [0.15, 0.2) is 0 Å². The molecule has 27 heavy (non-hydrogen) atoms. The minimum atomic E-state index is 0.0846. The van der Waals surface area contributed by atoms with Crippen LogP contribution in [0.4, 0.5) is 0 Å². The van der Waals surface area contributed by atoms with E-state index in [4.69, 9.17) is 0 Å². The number of hydrogen-bond donors (Lipinski definition) is 0. The van der Waals surface area contributed by atoms with E-state index in [1.807, 2.05) is 0 Å². The number of allylic oxidation sites excluding steroid dienone is 1. The van der Waals surface area contributed by atoms with Gasteiger partial charge in [-0.05, 0) is 0 Å². The van der Waals surface area contributed by atoms with Crippen molar-refractivity contribution in [2.24, 2.45) is 5.92 Å². The van der Waals surface area contributed by atoms with E-state index in [9.17, 15) is 0 Å². The monoisotopic (exact) mass is 418 g/mol. The Morgan fingerprint density at radius 3 is 1.74 bits per heavy atom. The summed E-state index contributed by atoms with van der Waals surface area (Å²) in [5.41, 5.74) is 4.44. The fourth-order valence-corrected chi connectivity index (χ4v) is 6.52. The Balaban J connectivity index is 1.71. The zero-order valence-electron chi connectivity index (χ0n) is 15.7. The number of hydrogen-bond acceptors (Lipinski definition) is 0. The van der Waals surface area contributed by atoms with Crippen LogP contribution in [0.3, 0.4) is 0 Å². The predicted molar refractivity (Wildman–Crippen MR) is 117 cm³/mol. The van der Waals surface area contributed by atoms with Gasteiger partial charge in [0.2, 0.25) is 0 Å². The SMILES string of the molecule is C=C1CC1CCC(C[Se]c1ccccc1)(c1ccccc1)c1ccccc1. The third kappa shape index (κ3) is 4.26. The summed E-state index contributed by atoms with van der Waals surface area (Å²) in [6, 6.07) is 33.4. The van der Waals surface area contributed by atoms with Crippen molar-refractivity contribution in [3.8, 4) is 0 Å². The van der Waals surface area contributed by atoms with E-state index in [-0.39, 0.29) is 5.41 Å². The van der Waals surface area contributed by atoms with Crippen LogP contribution in [0.25, 0.3) is 0 Å². The average Bonchev–Trinajstić information content (AvgIpc) is 3.46. The van der Waals surface area contributed by atoms with Crippen LogP contribution >= 0.6 is 0 Å². The van der Waals surface area contributed by atoms with Crippen LogP contribution in [-0.4, -0.2) is 15.0 Å². The molecule has 1 aliphatic rings. The van der Waals surface area contributed by atoms with Gasteiger partial charge in [0, 0.05) is 0 Å². The molecule has 0 radical (unpaired) electrons. The molecule has 136 valence electrons. The molecule has 0 heterocycles. The zero-order chi connectivity index (χ0) is 18.5. The van der Waals surface area contributed by atoms with Crippen LogP contribution in [0.1, 0.15) is 30.4 Å². The topological polar surface area (TPSA) is 0 Å². The van der Waals surface area contributed by atoms with Crippen LogP contribution < -0.4 is 4.46 Å². The molecule has 4 rings (SSSR count). The van der Waals surface area contributed by atoms with E-state index in [0.29, 0.717) is 15.0 Å². The molecule has 3 aromatic carbocycles. The van der Waals surface area contributed by atoms with Crippen molar-refractivity contribution in [2.75, 3.05) is 0 Å². The van der Waals surface area contributed by atoms with E-state index in [0.717, 1.165) is 5.92 Å². The molecule has 0 amide bonds. The van der Waals surface area contributed by atoms with Crippen molar-refractivity contribution >= 4 is 19.4 Å². The summed E-state index contributed by atoms with van der Waals surface area (Å²) in [4.78, 5) is 0. The van der Waals surface area contributed by atoms with E-state index in [2.05, 4.69) is 97.6 Å². The Hall–Kier alpha value is -2.08. The molecule has 0 saturated heterocycles. The quantitative estimate of drug-likeness (QED) is 0.322. The van der Waals surface area contributed by atoms with Crippen LogP contribution in [0, 0.1) is 5.92 Å². The molecule has 0 N–H and O–H groups in total. The molecule has 0 aliphatic heterocycles. The summed E-state index contributed by atoms with van der Waals surface area (Å²) in [6.07, 6.45) is 3.66. The molecule has 1 saturated carbocycles. The fourth-order valence-electron chi connectivity index (χ4n) is 3.92. The van der Waals surface area contributed by atoms with Gasteiger partial charge in [-0.15, -0.1) is 0 Å². The number of benzene rings is 3. The fraction of sp³-hybridized carbons (Fsp3) is 0.231. The third-order valence-corrected chi connectivity index (χ3v) is 8.33. The van der Waals surface area contributed by atoms with Crippen LogP contribution in [0.5, 0.6) is 0 Å². The third-order valence-electron chi connectivity index (χ3n) is 5.73. The summed E-state index contributed by atoms with van der Waals surface area (Å²) in [7, 11) is 0. The molecule has 0 aromatic heterocycles.